The highest BCUT2D eigenvalue weighted by molar-refractivity contribution is 6.52. The van der Waals surface area contributed by atoms with Crippen LogP contribution in [0, 0.1) is 5.41 Å². The number of rotatable bonds is 5. The molecule has 3 rings (SSSR count). The number of hydrogen-bond acceptors (Lipinski definition) is 5. The maximum absolute atomic E-state index is 11.9. The zero-order valence-electron chi connectivity index (χ0n) is 13.1. The molecule has 1 aromatic carbocycles. The molecule has 1 aliphatic rings. The van der Waals surface area contributed by atoms with E-state index in [1.54, 1.807) is 23.8 Å². The molecule has 0 aliphatic carbocycles. The Balaban J connectivity index is 1.96. The number of amidine groups is 1. The zero-order valence-corrected chi connectivity index (χ0v) is 13.1. The summed E-state index contributed by atoms with van der Waals surface area (Å²) in [5.41, 5.74) is 7.40. The van der Waals surface area contributed by atoms with Gasteiger partial charge in [-0.25, -0.2) is 9.78 Å². The van der Waals surface area contributed by atoms with Gasteiger partial charge in [-0.05, 0) is 24.3 Å². The summed E-state index contributed by atoms with van der Waals surface area (Å²) < 4.78 is 6.79. The van der Waals surface area contributed by atoms with Crippen molar-refractivity contribution in [1.29, 1.82) is 5.41 Å². The van der Waals surface area contributed by atoms with E-state index in [2.05, 4.69) is 16.6 Å². The number of aromatic nitrogens is 2. The number of nitrogen functional groups attached to an aromatic ring is 1. The first kappa shape index (κ1) is 15.5. The fraction of sp³-hybridized carbons (Fsp3) is 0.125. The van der Waals surface area contributed by atoms with E-state index in [0.29, 0.717) is 11.5 Å². The van der Waals surface area contributed by atoms with Gasteiger partial charge in [-0.2, -0.15) is 4.99 Å². The van der Waals surface area contributed by atoms with Gasteiger partial charge in [0.1, 0.15) is 29.3 Å². The first-order chi connectivity index (χ1) is 11.6. The van der Waals surface area contributed by atoms with Crippen LogP contribution in [0.2, 0.25) is 0 Å². The number of anilines is 1. The van der Waals surface area contributed by atoms with Gasteiger partial charge >= 0.3 is 6.03 Å². The van der Waals surface area contributed by atoms with Gasteiger partial charge in [-0.1, -0.05) is 6.08 Å². The first-order valence-electron chi connectivity index (χ1n) is 7.14. The number of amides is 2. The van der Waals surface area contributed by atoms with Crippen LogP contribution in [-0.2, 0) is 0 Å². The van der Waals surface area contributed by atoms with E-state index in [0.717, 1.165) is 11.4 Å². The quantitative estimate of drug-likeness (QED) is 0.818. The van der Waals surface area contributed by atoms with Crippen molar-refractivity contribution in [2.24, 2.45) is 4.99 Å². The van der Waals surface area contributed by atoms with Crippen LogP contribution in [0.3, 0.4) is 0 Å². The van der Waals surface area contributed by atoms with Crippen molar-refractivity contribution in [1.82, 2.24) is 14.5 Å². The van der Waals surface area contributed by atoms with E-state index >= 15 is 0 Å². The molecule has 0 saturated heterocycles. The predicted molar refractivity (Wildman–Crippen MR) is 91.1 cm³/mol. The molecule has 2 heterocycles. The van der Waals surface area contributed by atoms with Crippen molar-refractivity contribution in [3.8, 4) is 11.4 Å². The van der Waals surface area contributed by atoms with Crippen molar-refractivity contribution in [2.75, 3.05) is 19.4 Å². The molecule has 24 heavy (non-hydrogen) atoms. The number of ether oxygens (including phenoxy) is 1. The van der Waals surface area contributed by atoms with Crippen LogP contribution in [0.15, 0.2) is 48.2 Å². The Bertz CT molecular complexity index is 850. The highest BCUT2D eigenvalue weighted by Crippen LogP contribution is 2.22. The minimum Gasteiger partial charge on any atom is -0.497 e. The molecule has 0 unspecified atom stereocenters. The van der Waals surface area contributed by atoms with Gasteiger partial charge < -0.3 is 10.5 Å². The maximum atomic E-state index is 11.9. The lowest BCUT2D eigenvalue weighted by molar-refractivity contribution is 0.235. The molecular weight excluding hydrogens is 308 g/mol. The Morgan fingerprint density at radius 3 is 2.71 bits per heavy atom. The van der Waals surface area contributed by atoms with Crippen LogP contribution >= 0.6 is 0 Å². The molecule has 0 atom stereocenters. The third-order valence-electron chi connectivity index (χ3n) is 3.62. The molecule has 0 spiro atoms. The average Bonchev–Trinajstić information content (AvgIpc) is 3.10. The Kier molecular flexibility index (Phi) is 3.87. The van der Waals surface area contributed by atoms with Crippen LogP contribution in [-0.4, -0.2) is 45.7 Å². The van der Waals surface area contributed by atoms with E-state index in [1.165, 1.54) is 17.3 Å². The summed E-state index contributed by atoms with van der Waals surface area (Å²) in [6.45, 7) is 3.78. The smallest absolute Gasteiger partial charge is 0.350 e. The van der Waals surface area contributed by atoms with E-state index < -0.39 is 6.03 Å². The second kappa shape index (κ2) is 5.99. The standard InChI is InChI=1S/C16H16N6O2/c1-3-8-21-15(18)13(20-16(21)23)12-14(17)22(9-19-12)10-4-6-11(24-2)7-5-10/h3-7,9,18H,1,8,17H2,2H3. The lowest BCUT2D eigenvalue weighted by Gasteiger charge is -2.12. The molecule has 8 nitrogen and oxygen atoms in total. The summed E-state index contributed by atoms with van der Waals surface area (Å²) in [5, 5.41) is 8.10. The normalized spacial score (nSPS) is 14.0. The van der Waals surface area contributed by atoms with Crippen molar-refractivity contribution in [3.05, 3.63) is 48.9 Å². The first-order valence-corrected chi connectivity index (χ1v) is 7.14. The van der Waals surface area contributed by atoms with Crippen molar-refractivity contribution in [2.45, 2.75) is 0 Å². The van der Waals surface area contributed by atoms with Crippen molar-refractivity contribution >= 4 is 23.4 Å². The Morgan fingerprint density at radius 2 is 2.08 bits per heavy atom. The van der Waals surface area contributed by atoms with Gasteiger partial charge in [0.15, 0.2) is 5.84 Å². The van der Waals surface area contributed by atoms with Gasteiger partial charge in [0.25, 0.3) is 0 Å². The third-order valence-corrected chi connectivity index (χ3v) is 3.62. The highest BCUT2D eigenvalue weighted by atomic mass is 16.5. The topological polar surface area (TPSA) is 110 Å². The van der Waals surface area contributed by atoms with E-state index in [9.17, 15) is 4.79 Å². The summed E-state index contributed by atoms with van der Waals surface area (Å²) in [6.07, 6.45) is 3.06. The van der Waals surface area contributed by atoms with Crippen LogP contribution in [0.4, 0.5) is 10.6 Å². The Morgan fingerprint density at radius 1 is 1.38 bits per heavy atom. The molecule has 0 bridgehead atoms. The van der Waals surface area contributed by atoms with Crippen LogP contribution < -0.4 is 10.5 Å². The number of nitrogens with two attached hydrogens (primary N) is 1. The second-order valence-electron chi connectivity index (χ2n) is 5.04. The van der Waals surface area contributed by atoms with Gasteiger partial charge in [0.2, 0.25) is 0 Å². The van der Waals surface area contributed by atoms with Crippen molar-refractivity contribution in [3.63, 3.8) is 0 Å². The number of aliphatic imine (C=N–C) groups is 1. The number of carbonyl (C=O) groups excluding carboxylic acids is 1. The molecule has 1 aromatic heterocycles. The number of imidazole rings is 1. The molecule has 122 valence electrons. The lowest BCUT2D eigenvalue weighted by Crippen LogP contribution is -2.32. The summed E-state index contributed by atoms with van der Waals surface area (Å²) in [4.78, 5) is 21.2. The number of nitrogens with one attached hydrogen (secondary N) is 1. The molecular formula is C16H16N6O2. The van der Waals surface area contributed by atoms with E-state index in [1.807, 2.05) is 12.1 Å². The van der Waals surface area contributed by atoms with Gasteiger partial charge in [-0.15, -0.1) is 6.58 Å². The highest BCUT2D eigenvalue weighted by Gasteiger charge is 2.32. The van der Waals surface area contributed by atoms with Crippen LogP contribution in [0.25, 0.3) is 5.69 Å². The third kappa shape index (κ3) is 2.43. The van der Waals surface area contributed by atoms with Crippen LogP contribution in [0.5, 0.6) is 5.75 Å². The fourth-order valence-electron chi connectivity index (χ4n) is 2.38. The zero-order chi connectivity index (χ0) is 17.3. The summed E-state index contributed by atoms with van der Waals surface area (Å²) in [5.74, 6) is 0.994. The molecule has 2 amide bonds. The number of urea groups is 1. The van der Waals surface area contributed by atoms with Gasteiger partial charge in [0, 0.05) is 12.2 Å². The van der Waals surface area contributed by atoms with Gasteiger partial charge in [0.05, 0.1) is 7.11 Å². The summed E-state index contributed by atoms with van der Waals surface area (Å²) in [6, 6.07) is 6.75. The van der Waals surface area contributed by atoms with Crippen molar-refractivity contribution < 1.29 is 9.53 Å². The predicted octanol–water partition coefficient (Wildman–Crippen LogP) is 1.85. The van der Waals surface area contributed by atoms with E-state index in [-0.39, 0.29) is 18.1 Å². The molecule has 2 aromatic rings. The minimum atomic E-state index is -0.520. The molecule has 3 N–H and O–H groups in total. The molecule has 0 saturated carbocycles. The largest absolute Gasteiger partial charge is 0.497 e. The number of nitrogens with zero attached hydrogens (tertiary/aromatic N) is 4. The summed E-state index contributed by atoms with van der Waals surface area (Å²) in [7, 11) is 1.59. The molecule has 0 fully saturated rings. The molecule has 0 radical (unpaired) electrons. The number of carbonyl (C=O) groups is 1. The maximum Gasteiger partial charge on any atom is 0.350 e. The number of benzene rings is 1. The Hall–Kier alpha value is -3.42. The number of methoxy groups -OCH3 is 1. The Labute approximate surface area is 138 Å². The lowest BCUT2D eigenvalue weighted by atomic mass is 10.2. The number of hydrogen-bond donors (Lipinski definition) is 2. The van der Waals surface area contributed by atoms with Crippen LogP contribution in [0.1, 0.15) is 5.69 Å². The minimum absolute atomic E-state index is 0.0356. The average molecular weight is 324 g/mol. The molecule has 8 heteroatoms. The van der Waals surface area contributed by atoms with Gasteiger partial charge in [-0.3, -0.25) is 14.9 Å². The fourth-order valence-corrected chi connectivity index (χ4v) is 2.38. The molecule has 1 aliphatic heterocycles. The second-order valence-corrected chi connectivity index (χ2v) is 5.04. The van der Waals surface area contributed by atoms with E-state index in [4.69, 9.17) is 15.9 Å². The monoisotopic (exact) mass is 324 g/mol. The summed E-state index contributed by atoms with van der Waals surface area (Å²) >= 11 is 0. The SMILES string of the molecule is C=CCN1C(=N)C(c2ncn(-c3ccc(OC)cc3)c2N)=NC1=O.